The highest BCUT2D eigenvalue weighted by atomic mass is 16.5. The number of aromatic nitrogens is 3. The fourth-order valence-corrected chi connectivity index (χ4v) is 18.5. The Morgan fingerprint density at radius 3 is 0.935 bits per heavy atom. The van der Waals surface area contributed by atoms with Crippen molar-refractivity contribution in [2.24, 2.45) is 7.05 Å². The van der Waals surface area contributed by atoms with Crippen LogP contribution in [0.15, 0.2) is 496 Å². The molecule has 7 heterocycles. The van der Waals surface area contributed by atoms with E-state index in [4.69, 9.17) is 18.6 Å². The lowest BCUT2D eigenvalue weighted by Crippen LogP contribution is -2.15. The topological polar surface area (TPSA) is 68.6 Å². The summed E-state index contributed by atoms with van der Waals surface area (Å²) in [5.74, 6) is 5.39. The number of fused-ring (bicyclic) bond motifs is 18. The Bertz CT molecular complexity index is 8170. The number of anilines is 10. The van der Waals surface area contributed by atoms with Crippen LogP contribution in [0.25, 0.3) is 98.7 Å². The zero-order chi connectivity index (χ0) is 94.7. The van der Waals surface area contributed by atoms with E-state index in [1.54, 1.807) is 0 Å². The van der Waals surface area contributed by atoms with Crippen molar-refractivity contribution >= 4 is 144 Å². The molecule has 3 aliphatic rings. The molecule has 0 N–H and O–H groups in total. The normalized spacial score (nSPS) is 11.6. The second kappa shape index (κ2) is 40.6. The van der Waals surface area contributed by atoms with Crippen LogP contribution < -0.4 is 33.8 Å². The first-order chi connectivity index (χ1) is 68.3. The van der Waals surface area contributed by atoms with Crippen molar-refractivity contribution in [2.75, 3.05) is 33.7 Å². The first kappa shape index (κ1) is 89.1. The van der Waals surface area contributed by atoms with Crippen LogP contribution in [-0.2, 0) is 7.05 Å². The number of aryl methyl sites for hydroxylation is 6. The first-order valence-corrected chi connectivity index (χ1v) is 47.1. The molecule has 11 nitrogen and oxygen atoms in total. The molecule has 11 heteroatoms. The Morgan fingerprint density at radius 2 is 0.475 bits per heavy atom. The maximum atomic E-state index is 6.07. The number of hydrogen-bond acceptors (Lipinski definition) is 8. The number of ether oxygens (including phenoxy) is 3. The molecule has 0 spiro atoms. The van der Waals surface area contributed by atoms with Crippen LogP contribution in [0.1, 0.15) is 27.8 Å². The van der Waals surface area contributed by atoms with E-state index in [1.165, 1.54) is 127 Å². The smallest absolute Gasteiger partial charge is 0.151 e. The molecule has 139 heavy (non-hydrogen) atoms. The third-order valence-electron chi connectivity index (χ3n) is 25.4. The second-order valence-electron chi connectivity index (χ2n) is 34.9. The van der Waals surface area contributed by atoms with Crippen LogP contribution >= 0.6 is 0 Å². The van der Waals surface area contributed by atoms with Gasteiger partial charge in [0.15, 0.2) is 34.5 Å². The molecule has 0 bridgehead atoms. The molecule has 27 rings (SSSR count). The van der Waals surface area contributed by atoms with Gasteiger partial charge in [0.05, 0.1) is 56.2 Å². The minimum atomic E-state index is 0.886. The average molecular weight is 1810 g/mol. The van der Waals surface area contributed by atoms with E-state index in [2.05, 4.69) is 447 Å². The van der Waals surface area contributed by atoms with Crippen molar-refractivity contribution in [1.82, 2.24) is 13.7 Å². The van der Waals surface area contributed by atoms with E-state index in [-0.39, 0.29) is 0 Å². The highest BCUT2D eigenvalue weighted by Gasteiger charge is 2.28. The van der Waals surface area contributed by atoms with Crippen molar-refractivity contribution in [3.05, 3.63) is 519 Å². The number of rotatable bonds is 6. The molecule has 24 aromatic rings. The molecular weight excluding hydrogens is 1700 g/mol. The second-order valence-corrected chi connectivity index (χ2v) is 34.9. The lowest BCUT2D eigenvalue weighted by molar-refractivity contribution is 0.475. The fourth-order valence-electron chi connectivity index (χ4n) is 18.5. The summed E-state index contributed by atoms with van der Waals surface area (Å²) in [5, 5.41) is 10.3. The van der Waals surface area contributed by atoms with Crippen molar-refractivity contribution in [1.29, 1.82) is 0 Å². The van der Waals surface area contributed by atoms with Gasteiger partial charge >= 0.3 is 0 Å². The van der Waals surface area contributed by atoms with Crippen LogP contribution in [0.5, 0.6) is 34.5 Å². The number of benzene rings is 20. The van der Waals surface area contributed by atoms with Crippen LogP contribution in [-0.4, -0.2) is 27.8 Å². The number of nitrogens with zero attached hydrogens (tertiary/aromatic N) is 7. The summed E-state index contributed by atoms with van der Waals surface area (Å²) in [6.07, 6.45) is 0. The number of hydrogen-bond donors (Lipinski definition) is 0. The molecule has 20 aromatic carbocycles. The molecule has 0 unspecified atom stereocenters. The predicted octanol–water partition coefficient (Wildman–Crippen LogP) is 35.6. The van der Waals surface area contributed by atoms with Gasteiger partial charge in [0, 0.05) is 109 Å². The van der Waals surface area contributed by atoms with Gasteiger partial charge in [-0.25, -0.2) is 0 Å². The Morgan fingerprint density at radius 1 is 0.194 bits per heavy atom. The van der Waals surface area contributed by atoms with Gasteiger partial charge in [-0.05, 0) is 246 Å². The van der Waals surface area contributed by atoms with E-state index in [0.717, 1.165) is 91.2 Å². The van der Waals surface area contributed by atoms with Gasteiger partial charge in [-0.3, -0.25) is 0 Å². The Labute approximate surface area is 811 Å². The van der Waals surface area contributed by atoms with E-state index < -0.39 is 0 Å². The quantitative estimate of drug-likeness (QED) is 0.163. The highest BCUT2D eigenvalue weighted by molar-refractivity contribution is 6.11. The molecule has 0 atom stereocenters. The molecule has 0 aliphatic carbocycles. The molecule has 0 saturated carbocycles. The summed E-state index contributed by atoms with van der Waals surface area (Å²) < 4.78 is 30.5. The summed E-state index contributed by atoms with van der Waals surface area (Å²) in [6.45, 7) is 10.5. The molecule has 0 fully saturated rings. The molecule has 0 saturated heterocycles. The predicted molar refractivity (Wildman–Crippen MR) is 584 cm³/mol. The largest absolute Gasteiger partial charge is 0.456 e. The minimum Gasteiger partial charge on any atom is -0.456 e. The van der Waals surface area contributed by atoms with E-state index in [0.29, 0.717) is 0 Å². The molecule has 676 valence electrons. The van der Waals surface area contributed by atoms with Gasteiger partial charge in [-0.15, -0.1) is 0 Å². The van der Waals surface area contributed by atoms with Crippen molar-refractivity contribution in [3.8, 4) is 45.9 Å². The van der Waals surface area contributed by atoms with Crippen molar-refractivity contribution < 1.29 is 18.6 Å². The number of para-hydroxylation sites is 20. The van der Waals surface area contributed by atoms with E-state index >= 15 is 0 Å². The first-order valence-electron chi connectivity index (χ1n) is 47.1. The SMILES string of the molecule is CN(c1ccccc1)c1ccccc1.CN1c2ccccc2Oc2ccccc21.Cc1ccc(-n2c3ccccc3c3ccccc32)cc1.Cc1ccc(N2c3ccccc3Oc3ccccc32)cc1.Cc1ccc2c(c1)Oc1ccccc1N2c1ccccc1.Cc1ccc2c(c1)c1ccccc1n2-c1ccccc1.Cc1ccc2oc3ccccc3c2c1.Cn1c2ccccc2c2ccccc21. The lowest BCUT2D eigenvalue weighted by atomic mass is 10.1. The van der Waals surface area contributed by atoms with Gasteiger partial charge in [0.25, 0.3) is 0 Å². The van der Waals surface area contributed by atoms with Gasteiger partial charge in [-0.2, -0.15) is 0 Å². The molecule has 3 aliphatic heterocycles. The maximum Gasteiger partial charge on any atom is 0.151 e. The summed E-state index contributed by atoms with van der Waals surface area (Å²) in [6, 6.07) is 170. The summed E-state index contributed by atoms with van der Waals surface area (Å²) in [7, 11) is 6.25. The summed E-state index contributed by atoms with van der Waals surface area (Å²) >= 11 is 0. The van der Waals surface area contributed by atoms with Crippen LogP contribution in [0.3, 0.4) is 0 Å². The van der Waals surface area contributed by atoms with Crippen molar-refractivity contribution in [3.63, 3.8) is 0 Å². The Hall–Kier alpha value is -17.8. The molecular formula is C128H105N7O4. The van der Waals surface area contributed by atoms with Gasteiger partial charge in [0.1, 0.15) is 11.2 Å². The monoisotopic (exact) mass is 1800 g/mol. The maximum absolute atomic E-state index is 6.07. The van der Waals surface area contributed by atoms with Gasteiger partial charge < -0.3 is 51.9 Å². The Kier molecular flexibility index (Phi) is 26.0. The minimum absolute atomic E-state index is 0.886. The van der Waals surface area contributed by atoms with Gasteiger partial charge in [0.2, 0.25) is 0 Å². The molecule has 0 amide bonds. The summed E-state index contributed by atoms with van der Waals surface area (Å²) in [4.78, 5) is 8.80. The zero-order valence-corrected chi connectivity index (χ0v) is 79.0. The Balaban J connectivity index is 0.0000000983. The average Bonchev–Trinajstić information content (AvgIpc) is 1.24. The van der Waals surface area contributed by atoms with Gasteiger partial charge in [-0.1, -0.05) is 307 Å². The van der Waals surface area contributed by atoms with Crippen LogP contribution in [0.2, 0.25) is 0 Å². The third-order valence-corrected chi connectivity index (χ3v) is 25.4. The zero-order valence-electron chi connectivity index (χ0n) is 79.0. The van der Waals surface area contributed by atoms with E-state index in [9.17, 15) is 0 Å². The summed E-state index contributed by atoms with van der Waals surface area (Å²) in [5.41, 5.74) is 29.5. The lowest BCUT2D eigenvalue weighted by Gasteiger charge is -2.32. The fraction of sp³-hybridized carbons (Fsp3) is 0.0625. The molecule has 0 radical (unpaired) electrons. The van der Waals surface area contributed by atoms with Crippen LogP contribution in [0, 0.1) is 34.6 Å². The van der Waals surface area contributed by atoms with Crippen molar-refractivity contribution in [2.45, 2.75) is 34.6 Å². The molecule has 4 aromatic heterocycles. The standard InChI is InChI=1S/2C19H15NO.2C19H15N.C13H11NO.C13H11N.C13H13N.C13H10O/c1-14-10-12-15(13-11-14)20-16-6-2-4-8-18(16)21-19-9-5-3-7-17(19)20;1-14-11-12-17-19(13-14)21-18-10-6-5-9-16(18)20(17)15-7-3-2-4-8-15;1-14-10-12-15(13-11-14)20-18-8-4-2-6-16(18)17-7-3-5-9-19(17)20;1-14-11-12-19-17(13-14)16-9-5-6-10-18(16)20(19)15-7-3-2-4-8-15;1-14-10-6-2-4-8-12(10)15-13-9-5-3-7-11(13)14;1-14-12-8-4-2-6-10(12)11-7-3-5-9-13(11)14;1-14(12-8-4-2-5-9-12)13-10-6-3-7-11-13;1-9-6-7-13-11(8-9)10-4-2-3-5-12(10)14-13/h2*2-13H,1H3;2*2-13H,1H3;2-9H,1H3;2-9H,1H3;2-11H,1H3;2-8H,1H3. The number of furan rings is 1. The van der Waals surface area contributed by atoms with Crippen LogP contribution in [0.4, 0.5) is 56.9 Å². The van der Waals surface area contributed by atoms with E-state index in [1.807, 2.05) is 133 Å². The highest BCUT2D eigenvalue weighted by Crippen LogP contribution is 2.53. The third kappa shape index (κ3) is 18.9.